The van der Waals surface area contributed by atoms with Crippen LogP contribution in [-0.4, -0.2) is 29.1 Å². The van der Waals surface area contributed by atoms with Gasteiger partial charge in [0.15, 0.2) is 0 Å². The highest BCUT2D eigenvalue weighted by Crippen LogP contribution is 2.23. The van der Waals surface area contributed by atoms with Crippen molar-refractivity contribution in [2.45, 2.75) is 110 Å². The molecular weight excluding hydrogens is 280 g/mol. The molecule has 1 atom stereocenters. The van der Waals surface area contributed by atoms with E-state index in [1.54, 1.807) is 0 Å². The van der Waals surface area contributed by atoms with Gasteiger partial charge < -0.3 is 9.80 Å². The van der Waals surface area contributed by atoms with Gasteiger partial charge in [0, 0.05) is 25.5 Å². The van der Waals surface area contributed by atoms with Crippen LogP contribution in [0.3, 0.4) is 0 Å². The second-order valence-electron chi connectivity index (χ2n) is 7.23. The smallest absolute Gasteiger partial charge is 0.101 e. The maximum absolute atomic E-state index is 2.62. The van der Waals surface area contributed by atoms with Gasteiger partial charge in [-0.1, -0.05) is 78.6 Å². The van der Waals surface area contributed by atoms with Crippen molar-refractivity contribution in [3.63, 3.8) is 0 Å². The molecule has 1 aliphatic heterocycles. The Balaban J connectivity index is 2.26. The van der Waals surface area contributed by atoms with Crippen molar-refractivity contribution in [1.29, 1.82) is 0 Å². The van der Waals surface area contributed by atoms with Crippen LogP contribution in [0.5, 0.6) is 0 Å². The van der Waals surface area contributed by atoms with Gasteiger partial charge in [0.25, 0.3) is 0 Å². The maximum Gasteiger partial charge on any atom is 0.101 e. The molecule has 0 amide bonds. The second kappa shape index (κ2) is 13.7. The molecule has 0 N–H and O–H groups in total. The summed E-state index contributed by atoms with van der Waals surface area (Å²) in [6.07, 6.45) is 23.3. The summed E-state index contributed by atoms with van der Waals surface area (Å²) in [6.45, 7) is 9.35. The lowest BCUT2D eigenvalue weighted by atomic mass is 10.1. The molecule has 0 saturated heterocycles. The first-order chi connectivity index (χ1) is 11.3. The van der Waals surface area contributed by atoms with Crippen molar-refractivity contribution in [2.75, 3.05) is 13.1 Å². The molecule has 23 heavy (non-hydrogen) atoms. The van der Waals surface area contributed by atoms with Gasteiger partial charge in [-0.05, 0) is 25.7 Å². The summed E-state index contributed by atoms with van der Waals surface area (Å²) in [6, 6.07) is 0. The van der Waals surface area contributed by atoms with Crippen molar-refractivity contribution < 1.29 is 0 Å². The van der Waals surface area contributed by atoms with Crippen LogP contribution in [0.2, 0.25) is 0 Å². The number of hydrogen-bond acceptors (Lipinski definition) is 2. The van der Waals surface area contributed by atoms with Gasteiger partial charge in [-0.15, -0.1) is 0 Å². The van der Waals surface area contributed by atoms with Crippen LogP contribution < -0.4 is 0 Å². The van der Waals surface area contributed by atoms with E-state index >= 15 is 0 Å². The third-order valence-electron chi connectivity index (χ3n) is 5.03. The monoisotopic (exact) mass is 322 g/mol. The molecule has 2 heteroatoms. The van der Waals surface area contributed by atoms with Gasteiger partial charge in [-0.25, -0.2) is 0 Å². The maximum atomic E-state index is 2.62. The molecule has 1 rings (SSSR count). The molecule has 0 bridgehead atoms. The third kappa shape index (κ3) is 8.67. The quantitative estimate of drug-likeness (QED) is 0.316. The Hall–Kier alpha value is -0.660. The molecule has 0 aromatic carbocycles. The van der Waals surface area contributed by atoms with Crippen molar-refractivity contribution in [2.24, 2.45) is 0 Å². The molecule has 0 saturated carbocycles. The number of hydrogen-bond donors (Lipinski definition) is 0. The minimum absolute atomic E-state index is 0.646. The van der Waals surface area contributed by atoms with Crippen LogP contribution in [0.4, 0.5) is 0 Å². The molecule has 136 valence electrons. The predicted molar refractivity (Wildman–Crippen MR) is 103 cm³/mol. The summed E-state index contributed by atoms with van der Waals surface area (Å²) in [4.78, 5) is 5.20. The van der Waals surface area contributed by atoms with Crippen LogP contribution in [0.15, 0.2) is 12.4 Å². The zero-order chi connectivity index (χ0) is 16.8. The Bertz CT molecular complexity index is 288. The Morgan fingerprint density at radius 1 is 0.565 bits per heavy atom. The van der Waals surface area contributed by atoms with E-state index in [1.807, 2.05) is 0 Å². The van der Waals surface area contributed by atoms with E-state index < -0.39 is 0 Å². The zero-order valence-corrected chi connectivity index (χ0v) is 16.2. The van der Waals surface area contributed by atoms with Gasteiger partial charge >= 0.3 is 0 Å². The van der Waals surface area contributed by atoms with E-state index in [0.29, 0.717) is 6.17 Å². The van der Waals surface area contributed by atoms with E-state index in [1.165, 1.54) is 96.6 Å². The fourth-order valence-corrected chi connectivity index (χ4v) is 3.60. The molecule has 1 unspecified atom stereocenters. The van der Waals surface area contributed by atoms with Crippen LogP contribution in [0, 0.1) is 0 Å². The third-order valence-corrected chi connectivity index (χ3v) is 5.03. The summed E-state index contributed by atoms with van der Waals surface area (Å²) >= 11 is 0. The SMILES string of the molecule is CCCCCCCCC1N(CCC)C=CN1CCCCCCC. The number of unbranched alkanes of at least 4 members (excludes halogenated alkanes) is 9. The number of rotatable bonds is 15. The molecule has 0 spiro atoms. The largest absolute Gasteiger partial charge is 0.356 e. The summed E-state index contributed by atoms with van der Waals surface area (Å²) < 4.78 is 0. The van der Waals surface area contributed by atoms with Crippen LogP contribution in [0.1, 0.15) is 104 Å². The van der Waals surface area contributed by atoms with Crippen LogP contribution in [-0.2, 0) is 0 Å². The first-order valence-corrected chi connectivity index (χ1v) is 10.5. The normalized spacial score (nSPS) is 17.4. The molecule has 0 radical (unpaired) electrons. The minimum Gasteiger partial charge on any atom is -0.356 e. The molecule has 0 fully saturated rings. The fraction of sp³-hybridized carbons (Fsp3) is 0.905. The molecule has 0 aromatic rings. The fourth-order valence-electron chi connectivity index (χ4n) is 3.60. The van der Waals surface area contributed by atoms with Crippen LogP contribution >= 0.6 is 0 Å². The Morgan fingerprint density at radius 3 is 1.70 bits per heavy atom. The van der Waals surface area contributed by atoms with E-state index in [-0.39, 0.29) is 0 Å². The van der Waals surface area contributed by atoms with E-state index in [0.717, 1.165) is 0 Å². The Labute approximate surface area is 146 Å². The summed E-state index contributed by atoms with van der Waals surface area (Å²) in [5.41, 5.74) is 0. The zero-order valence-electron chi connectivity index (χ0n) is 16.2. The van der Waals surface area contributed by atoms with Crippen LogP contribution in [0.25, 0.3) is 0 Å². The highest BCUT2D eigenvalue weighted by Gasteiger charge is 2.24. The van der Waals surface area contributed by atoms with E-state index in [4.69, 9.17) is 0 Å². The molecule has 2 nitrogen and oxygen atoms in total. The summed E-state index contributed by atoms with van der Waals surface area (Å²) in [5, 5.41) is 0. The topological polar surface area (TPSA) is 6.48 Å². The molecule has 1 aliphatic rings. The average molecular weight is 323 g/mol. The Kier molecular flexibility index (Phi) is 12.2. The van der Waals surface area contributed by atoms with Gasteiger partial charge in [0.1, 0.15) is 6.17 Å². The average Bonchev–Trinajstić information content (AvgIpc) is 2.93. The predicted octanol–water partition coefficient (Wildman–Crippen LogP) is 6.53. The Morgan fingerprint density at radius 2 is 1.09 bits per heavy atom. The first kappa shape index (κ1) is 20.4. The van der Waals surface area contributed by atoms with Gasteiger partial charge in [0.05, 0.1) is 0 Å². The van der Waals surface area contributed by atoms with E-state index in [2.05, 4.69) is 43.0 Å². The van der Waals surface area contributed by atoms with Crippen molar-refractivity contribution >= 4 is 0 Å². The van der Waals surface area contributed by atoms with Gasteiger partial charge in [-0.2, -0.15) is 0 Å². The van der Waals surface area contributed by atoms with Crippen molar-refractivity contribution in [3.8, 4) is 0 Å². The number of nitrogens with zero attached hydrogens (tertiary/aromatic N) is 2. The van der Waals surface area contributed by atoms with Crippen molar-refractivity contribution in [3.05, 3.63) is 12.4 Å². The van der Waals surface area contributed by atoms with Gasteiger partial charge in [0.2, 0.25) is 0 Å². The molecule has 0 aromatic heterocycles. The van der Waals surface area contributed by atoms with Crippen molar-refractivity contribution in [1.82, 2.24) is 9.80 Å². The second-order valence-corrected chi connectivity index (χ2v) is 7.23. The lowest BCUT2D eigenvalue weighted by Gasteiger charge is -2.33. The highest BCUT2D eigenvalue weighted by molar-refractivity contribution is 4.96. The standard InChI is InChI=1S/C21H42N2/c1-4-7-9-11-12-14-16-21-22(17-6-3)19-20-23(21)18-15-13-10-8-5-2/h19-21H,4-18H2,1-3H3. The van der Waals surface area contributed by atoms with Gasteiger partial charge in [-0.3, -0.25) is 0 Å². The summed E-state index contributed by atoms with van der Waals surface area (Å²) in [5.74, 6) is 0. The van der Waals surface area contributed by atoms with E-state index in [9.17, 15) is 0 Å². The molecule has 1 heterocycles. The first-order valence-electron chi connectivity index (χ1n) is 10.5. The minimum atomic E-state index is 0.646. The highest BCUT2D eigenvalue weighted by atomic mass is 15.4. The summed E-state index contributed by atoms with van der Waals surface area (Å²) in [7, 11) is 0. The molecule has 0 aliphatic carbocycles. The lowest BCUT2D eigenvalue weighted by molar-refractivity contribution is 0.137. The lowest BCUT2D eigenvalue weighted by Crippen LogP contribution is -2.39. The molecular formula is C21H42N2.